The molecular weight excluding hydrogens is 760 g/mol. The van der Waals surface area contributed by atoms with E-state index in [1.807, 2.05) is 0 Å². The Labute approximate surface area is 311 Å². The fourth-order valence-corrected chi connectivity index (χ4v) is 6.96. The molecule has 0 radical (unpaired) electrons. The van der Waals surface area contributed by atoms with Crippen LogP contribution in [0.3, 0.4) is 0 Å². The van der Waals surface area contributed by atoms with Gasteiger partial charge in [-0.15, -0.1) is 0 Å². The normalized spacial score (nSPS) is 52.6. The molecule has 5 saturated heterocycles. The van der Waals surface area contributed by atoms with Crippen molar-refractivity contribution in [2.24, 2.45) is 0 Å². The van der Waals surface area contributed by atoms with Gasteiger partial charge in [0.15, 0.2) is 31.5 Å². The van der Waals surface area contributed by atoms with Crippen molar-refractivity contribution < 1.29 is 124 Å². The highest BCUT2D eigenvalue weighted by atomic mass is 16.8. The molecule has 0 aliphatic carbocycles. The van der Waals surface area contributed by atoms with Crippen molar-refractivity contribution >= 4 is 0 Å². The summed E-state index contributed by atoms with van der Waals surface area (Å²) >= 11 is 0. The predicted molar refractivity (Wildman–Crippen MR) is 165 cm³/mol. The summed E-state index contributed by atoms with van der Waals surface area (Å²) in [5.74, 6) is 0. The number of hydrogen-bond donors (Lipinski definition) is 16. The zero-order chi connectivity index (χ0) is 40.5. The van der Waals surface area contributed by atoms with Crippen LogP contribution < -0.4 is 0 Å². The van der Waals surface area contributed by atoms with E-state index in [1.54, 1.807) is 0 Å². The van der Waals surface area contributed by atoms with Crippen molar-refractivity contribution in [1.29, 1.82) is 0 Å². The van der Waals surface area contributed by atoms with Gasteiger partial charge in [-0.25, -0.2) is 0 Å². The first-order valence-electron chi connectivity index (χ1n) is 17.5. The molecule has 0 aromatic rings. The van der Waals surface area contributed by atoms with E-state index in [1.165, 1.54) is 0 Å². The van der Waals surface area contributed by atoms with E-state index in [-0.39, 0.29) is 6.42 Å². The lowest BCUT2D eigenvalue weighted by molar-refractivity contribution is -0.393. The Kier molecular flexibility index (Phi) is 15.9. The molecule has 25 heteroatoms. The van der Waals surface area contributed by atoms with Crippen LogP contribution in [0.4, 0.5) is 0 Å². The maximum atomic E-state index is 11.4. The molecule has 0 aromatic heterocycles. The number of rotatable bonds is 13. The molecule has 5 aliphatic heterocycles. The zero-order valence-electron chi connectivity index (χ0n) is 28.9. The van der Waals surface area contributed by atoms with Crippen LogP contribution in [0.15, 0.2) is 0 Å². The van der Waals surface area contributed by atoms with Gasteiger partial charge in [0.1, 0.15) is 104 Å². The lowest BCUT2D eigenvalue weighted by Gasteiger charge is -2.49. The molecular formula is C30H52O25. The van der Waals surface area contributed by atoms with Crippen molar-refractivity contribution in [2.75, 3.05) is 33.0 Å². The molecule has 5 rings (SSSR count). The van der Waals surface area contributed by atoms with E-state index in [2.05, 4.69) is 0 Å². The lowest BCUT2D eigenvalue weighted by Crippen LogP contribution is -2.68. The minimum absolute atomic E-state index is 0.198. The van der Waals surface area contributed by atoms with Gasteiger partial charge in [0.25, 0.3) is 0 Å². The molecule has 1 unspecified atom stereocenters. The van der Waals surface area contributed by atoms with Crippen LogP contribution in [0.25, 0.3) is 0 Å². The fraction of sp³-hybridized carbons (Fsp3) is 1.00. The quantitative estimate of drug-likeness (QED) is 0.0821. The summed E-state index contributed by atoms with van der Waals surface area (Å²) in [5.41, 5.74) is 0. The Bertz CT molecular complexity index is 1170. The second kappa shape index (κ2) is 19.4. The third kappa shape index (κ3) is 9.42. The molecule has 25 nitrogen and oxygen atoms in total. The Morgan fingerprint density at radius 3 is 1.05 bits per heavy atom. The van der Waals surface area contributed by atoms with Crippen LogP contribution in [0, 0.1) is 0 Å². The van der Waals surface area contributed by atoms with E-state index in [9.17, 15) is 81.7 Å². The average Bonchev–Trinajstić information content (AvgIpc) is 3.17. The van der Waals surface area contributed by atoms with Gasteiger partial charge in [-0.3, -0.25) is 0 Å². The third-order valence-electron chi connectivity index (χ3n) is 10.2. The van der Waals surface area contributed by atoms with Gasteiger partial charge < -0.3 is 124 Å². The smallest absolute Gasteiger partial charge is 0.187 e. The number of ether oxygens (including phenoxy) is 9. The standard InChI is InChI=1S/C30H52O25/c31-2-7-1-8(17(40)26(46)47-7)48-28-20(43)23(14(37)10(4-33)50-28)54-30-22(45)25(16(39)12(6-35)52-30)55-29-21(44)24(15(38)11(5-34)51-29)53-27-19(42)18(41)13(36)9(3-32)49-27/h7-46H,1-6H2/t7-,8-,9+,10+,11+,12+,13+,14+,15+,16+,17-,18-,19+,20+,21+,22+,23-,24-,25-,26?,27-,28+,29-,30-/m0/s1. The summed E-state index contributed by atoms with van der Waals surface area (Å²) in [7, 11) is 0. The van der Waals surface area contributed by atoms with Crippen LogP contribution in [-0.4, -0.2) is 262 Å². The molecule has 0 saturated carbocycles. The first kappa shape index (κ1) is 45.1. The largest absolute Gasteiger partial charge is 0.394 e. The molecule has 55 heavy (non-hydrogen) atoms. The monoisotopic (exact) mass is 812 g/mol. The summed E-state index contributed by atoms with van der Waals surface area (Å²) < 4.78 is 49.4. The number of hydrogen-bond acceptors (Lipinski definition) is 25. The second-order valence-electron chi connectivity index (χ2n) is 13.9. The van der Waals surface area contributed by atoms with Crippen molar-refractivity contribution in [3.05, 3.63) is 0 Å². The minimum atomic E-state index is -2.13. The van der Waals surface area contributed by atoms with E-state index in [0.29, 0.717) is 0 Å². The van der Waals surface area contributed by atoms with Crippen LogP contribution in [0.1, 0.15) is 6.42 Å². The number of aliphatic hydroxyl groups is 16. The molecule has 0 amide bonds. The van der Waals surface area contributed by atoms with Gasteiger partial charge in [0.2, 0.25) is 0 Å². The molecule has 0 aromatic carbocycles. The molecule has 0 spiro atoms. The van der Waals surface area contributed by atoms with E-state index < -0.39 is 180 Å². The Morgan fingerprint density at radius 1 is 0.345 bits per heavy atom. The van der Waals surface area contributed by atoms with Crippen LogP contribution in [-0.2, 0) is 42.6 Å². The Morgan fingerprint density at radius 2 is 0.691 bits per heavy atom. The van der Waals surface area contributed by atoms with Gasteiger partial charge in [0, 0.05) is 6.42 Å². The maximum Gasteiger partial charge on any atom is 0.187 e. The molecule has 16 N–H and O–H groups in total. The molecule has 322 valence electrons. The fourth-order valence-electron chi connectivity index (χ4n) is 6.96. The molecule has 24 atom stereocenters. The van der Waals surface area contributed by atoms with Crippen LogP contribution in [0.2, 0.25) is 0 Å². The van der Waals surface area contributed by atoms with Crippen molar-refractivity contribution in [3.8, 4) is 0 Å². The molecule has 5 aliphatic rings. The topological polar surface area (TPSA) is 407 Å². The van der Waals surface area contributed by atoms with Crippen molar-refractivity contribution in [1.82, 2.24) is 0 Å². The third-order valence-corrected chi connectivity index (χ3v) is 10.2. The van der Waals surface area contributed by atoms with Gasteiger partial charge in [-0.2, -0.15) is 0 Å². The summed E-state index contributed by atoms with van der Waals surface area (Å²) in [5, 5.41) is 167. The Hall–Kier alpha value is -1.00. The average molecular weight is 813 g/mol. The van der Waals surface area contributed by atoms with E-state index in [0.717, 1.165) is 0 Å². The summed E-state index contributed by atoms with van der Waals surface area (Å²) in [4.78, 5) is 0. The van der Waals surface area contributed by atoms with Gasteiger partial charge in [-0.05, 0) is 0 Å². The lowest BCUT2D eigenvalue weighted by atomic mass is 9.95. The first-order valence-corrected chi connectivity index (χ1v) is 17.5. The van der Waals surface area contributed by atoms with Crippen LogP contribution >= 0.6 is 0 Å². The van der Waals surface area contributed by atoms with Gasteiger partial charge in [0.05, 0.1) is 45.2 Å². The van der Waals surface area contributed by atoms with E-state index in [4.69, 9.17) is 42.6 Å². The highest BCUT2D eigenvalue weighted by Gasteiger charge is 2.56. The first-order chi connectivity index (χ1) is 26.1. The van der Waals surface area contributed by atoms with Crippen molar-refractivity contribution in [3.63, 3.8) is 0 Å². The highest BCUT2D eigenvalue weighted by molar-refractivity contribution is 4.98. The Balaban J connectivity index is 1.33. The zero-order valence-corrected chi connectivity index (χ0v) is 28.9. The maximum absolute atomic E-state index is 11.4. The van der Waals surface area contributed by atoms with Crippen LogP contribution in [0.5, 0.6) is 0 Å². The van der Waals surface area contributed by atoms with Gasteiger partial charge in [-0.1, -0.05) is 0 Å². The SMILES string of the molecule is OC[C@@H]1C[C@H](O[C@@H]2O[C@H](CO)[C@@H](O)[C@H](O[C@@H]3O[C@H](CO)[C@@H](O)[C@H](O[C@@H]4O[C@H](CO)[C@@H](O)[C@H](O[C@@H]5O[C@H](CO)[C@@H](O)[C@H](O)[C@H]5O)[C@H]4O)[C@H]3O)[C@H]2O)[C@H](O)C(O)O1. The van der Waals surface area contributed by atoms with E-state index >= 15 is 0 Å². The highest BCUT2D eigenvalue weighted by Crippen LogP contribution is 2.35. The number of aliphatic hydroxyl groups excluding tert-OH is 16. The summed E-state index contributed by atoms with van der Waals surface area (Å²) in [6, 6.07) is 0. The predicted octanol–water partition coefficient (Wildman–Crippen LogP) is -10.9. The molecule has 5 fully saturated rings. The summed E-state index contributed by atoms with van der Waals surface area (Å²) in [6.07, 6.45) is -43.2. The molecule has 0 bridgehead atoms. The molecule has 5 heterocycles. The summed E-state index contributed by atoms with van der Waals surface area (Å²) in [6.45, 7) is -4.19. The van der Waals surface area contributed by atoms with Crippen molar-refractivity contribution in [2.45, 2.75) is 154 Å². The second-order valence-corrected chi connectivity index (χ2v) is 13.9. The van der Waals surface area contributed by atoms with Gasteiger partial charge >= 0.3 is 0 Å². The minimum Gasteiger partial charge on any atom is -0.394 e.